The predicted molar refractivity (Wildman–Crippen MR) is 80.8 cm³/mol. The highest BCUT2D eigenvalue weighted by Crippen LogP contribution is 2.20. The lowest BCUT2D eigenvalue weighted by Crippen LogP contribution is -2.28. The number of urea groups is 1. The topological polar surface area (TPSA) is 91.3 Å². The molecule has 0 aliphatic carbocycles. The van der Waals surface area contributed by atoms with Gasteiger partial charge in [0.1, 0.15) is 0 Å². The van der Waals surface area contributed by atoms with E-state index >= 15 is 0 Å². The van der Waals surface area contributed by atoms with Crippen molar-refractivity contribution in [2.45, 2.75) is 20.4 Å². The number of carboxylic acids is 1. The number of amides is 2. The Hall–Kier alpha value is -2.41. The standard InChI is InChI=1S/C14H15N3O3S/c1-8-3-10(4-12(9(8)2)13(18)19)17-14(20)16-6-11-5-15-7-21-11/h3-5,7H,6H2,1-2H3,(H,18,19)(H2,16,17,20). The zero-order valence-electron chi connectivity index (χ0n) is 11.6. The van der Waals surface area contributed by atoms with E-state index in [0.717, 1.165) is 10.4 Å². The summed E-state index contributed by atoms with van der Waals surface area (Å²) in [5, 5.41) is 14.5. The number of nitrogens with one attached hydrogen (secondary N) is 2. The van der Waals surface area contributed by atoms with Gasteiger partial charge in [0.05, 0.1) is 17.6 Å². The summed E-state index contributed by atoms with van der Waals surface area (Å²) in [5.74, 6) is -1.01. The lowest BCUT2D eigenvalue weighted by Gasteiger charge is -2.11. The van der Waals surface area contributed by atoms with E-state index in [4.69, 9.17) is 5.11 Å². The Balaban J connectivity index is 2.05. The molecule has 0 aliphatic rings. The molecule has 0 spiro atoms. The molecule has 2 aromatic rings. The fourth-order valence-electron chi connectivity index (χ4n) is 1.83. The van der Waals surface area contributed by atoms with Gasteiger partial charge in [-0.05, 0) is 37.1 Å². The summed E-state index contributed by atoms with van der Waals surface area (Å²) in [4.78, 5) is 27.8. The molecular formula is C14H15N3O3S. The van der Waals surface area contributed by atoms with Crippen LogP contribution in [0.15, 0.2) is 23.8 Å². The number of carbonyl (C=O) groups excluding carboxylic acids is 1. The number of hydrogen-bond donors (Lipinski definition) is 3. The van der Waals surface area contributed by atoms with Crippen LogP contribution >= 0.6 is 11.3 Å². The van der Waals surface area contributed by atoms with Gasteiger partial charge < -0.3 is 15.7 Å². The zero-order valence-corrected chi connectivity index (χ0v) is 12.5. The van der Waals surface area contributed by atoms with Crippen LogP contribution in [0.25, 0.3) is 0 Å². The van der Waals surface area contributed by atoms with Gasteiger partial charge in [-0.1, -0.05) is 0 Å². The average molecular weight is 305 g/mol. The number of nitrogens with zero attached hydrogens (tertiary/aromatic N) is 1. The quantitative estimate of drug-likeness (QED) is 0.810. The molecule has 0 aliphatic heterocycles. The molecule has 1 heterocycles. The maximum absolute atomic E-state index is 11.8. The van der Waals surface area contributed by atoms with Crippen LogP contribution in [0, 0.1) is 13.8 Å². The summed E-state index contributed by atoms with van der Waals surface area (Å²) in [7, 11) is 0. The third-order valence-electron chi connectivity index (χ3n) is 3.06. The maximum atomic E-state index is 11.8. The summed E-state index contributed by atoms with van der Waals surface area (Å²) in [5.41, 5.74) is 3.84. The molecule has 0 radical (unpaired) electrons. The van der Waals surface area contributed by atoms with Gasteiger partial charge >= 0.3 is 12.0 Å². The van der Waals surface area contributed by atoms with E-state index < -0.39 is 5.97 Å². The van der Waals surface area contributed by atoms with Crippen LogP contribution in [0.2, 0.25) is 0 Å². The molecule has 0 saturated heterocycles. The molecule has 21 heavy (non-hydrogen) atoms. The maximum Gasteiger partial charge on any atom is 0.336 e. The molecule has 2 rings (SSSR count). The van der Waals surface area contributed by atoms with Gasteiger partial charge in [0, 0.05) is 16.8 Å². The van der Waals surface area contributed by atoms with Crippen LogP contribution in [0.4, 0.5) is 10.5 Å². The molecule has 3 N–H and O–H groups in total. The number of thiazole rings is 1. The van der Waals surface area contributed by atoms with Gasteiger partial charge in [-0.3, -0.25) is 4.98 Å². The Bertz CT molecular complexity index is 668. The largest absolute Gasteiger partial charge is 0.478 e. The van der Waals surface area contributed by atoms with Crippen molar-refractivity contribution in [3.05, 3.63) is 45.4 Å². The molecule has 0 unspecified atom stereocenters. The molecule has 2 amide bonds. The second-order valence-electron chi connectivity index (χ2n) is 4.55. The SMILES string of the molecule is Cc1cc(NC(=O)NCc2cncs2)cc(C(=O)O)c1C. The lowest BCUT2D eigenvalue weighted by atomic mass is 10.0. The van der Waals surface area contributed by atoms with E-state index in [0.29, 0.717) is 17.8 Å². The van der Waals surface area contributed by atoms with Crippen molar-refractivity contribution in [2.24, 2.45) is 0 Å². The second-order valence-corrected chi connectivity index (χ2v) is 5.52. The van der Waals surface area contributed by atoms with E-state index in [1.54, 1.807) is 24.7 Å². The highest BCUT2D eigenvalue weighted by atomic mass is 32.1. The second kappa shape index (κ2) is 6.36. The van der Waals surface area contributed by atoms with Gasteiger partial charge in [0.2, 0.25) is 0 Å². The van der Waals surface area contributed by atoms with Crippen LogP contribution in [-0.2, 0) is 6.54 Å². The predicted octanol–water partition coefficient (Wildman–Crippen LogP) is 2.78. The molecule has 1 aromatic carbocycles. The first-order chi connectivity index (χ1) is 9.97. The van der Waals surface area contributed by atoms with E-state index in [2.05, 4.69) is 15.6 Å². The van der Waals surface area contributed by atoms with Crippen molar-refractivity contribution in [3.63, 3.8) is 0 Å². The first-order valence-corrected chi connectivity index (χ1v) is 7.12. The molecule has 6 nitrogen and oxygen atoms in total. The van der Waals surface area contributed by atoms with E-state index in [9.17, 15) is 9.59 Å². The first kappa shape index (κ1) is 15.0. The molecule has 0 saturated carbocycles. The van der Waals surface area contributed by atoms with Gasteiger partial charge in [0.15, 0.2) is 0 Å². The molecule has 7 heteroatoms. The molecule has 0 atom stereocenters. The summed E-state index contributed by atoms with van der Waals surface area (Å²) >= 11 is 1.45. The number of rotatable bonds is 4. The minimum atomic E-state index is -1.01. The Morgan fingerprint density at radius 1 is 1.33 bits per heavy atom. The van der Waals surface area contributed by atoms with Crippen molar-refractivity contribution >= 4 is 29.0 Å². The minimum absolute atomic E-state index is 0.188. The van der Waals surface area contributed by atoms with Crippen molar-refractivity contribution in [2.75, 3.05) is 5.32 Å². The molecule has 110 valence electrons. The lowest BCUT2D eigenvalue weighted by molar-refractivity contribution is 0.0696. The van der Waals surface area contributed by atoms with Crippen LogP contribution in [0.3, 0.4) is 0 Å². The molecule has 0 fully saturated rings. The van der Waals surface area contributed by atoms with Crippen molar-refractivity contribution in [1.29, 1.82) is 0 Å². The summed E-state index contributed by atoms with van der Waals surface area (Å²) < 4.78 is 0. The number of carboxylic acid groups (broad SMARTS) is 1. The Kier molecular flexibility index (Phi) is 4.54. The fourth-order valence-corrected chi connectivity index (χ4v) is 2.36. The van der Waals surface area contributed by atoms with Crippen molar-refractivity contribution < 1.29 is 14.7 Å². The van der Waals surface area contributed by atoms with Gasteiger partial charge in [-0.2, -0.15) is 0 Å². The van der Waals surface area contributed by atoms with E-state index in [1.165, 1.54) is 17.4 Å². The number of hydrogen-bond acceptors (Lipinski definition) is 4. The Morgan fingerprint density at radius 3 is 2.71 bits per heavy atom. The zero-order chi connectivity index (χ0) is 15.4. The monoisotopic (exact) mass is 305 g/mol. The van der Waals surface area contributed by atoms with Gasteiger partial charge in [0.25, 0.3) is 0 Å². The third kappa shape index (κ3) is 3.79. The first-order valence-electron chi connectivity index (χ1n) is 6.24. The van der Waals surface area contributed by atoms with E-state index in [-0.39, 0.29) is 11.6 Å². The molecular weight excluding hydrogens is 290 g/mol. The average Bonchev–Trinajstić information content (AvgIpc) is 2.93. The van der Waals surface area contributed by atoms with Crippen LogP contribution < -0.4 is 10.6 Å². The number of aromatic carboxylic acids is 1. The van der Waals surface area contributed by atoms with Crippen LogP contribution in [0.5, 0.6) is 0 Å². The molecule has 0 bridgehead atoms. The van der Waals surface area contributed by atoms with Gasteiger partial charge in [-0.25, -0.2) is 9.59 Å². The number of benzene rings is 1. The van der Waals surface area contributed by atoms with Gasteiger partial charge in [-0.15, -0.1) is 11.3 Å². The smallest absolute Gasteiger partial charge is 0.336 e. The van der Waals surface area contributed by atoms with Crippen LogP contribution in [-0.4, -0.2) is 22.1 Å². The Morgan fingerprint density at radius 2 is 2.10 bits per heavy atom. The normalized spacial score (nSPS) is 10.2. The van der Waals surface area contributed by atoms with E-state index in [1.807, 2.05) is 6.92 Å². The minimum Gasteiger partial charge on any atom is -0.478 e. The van der Waals surface area contributed by atoms with Crippen molar-refractivity contribution in [3.8, 4) is 0 Å². The number of aromatic nitrogens is 1. The third-order valence-corrected chi connectivity index (χ3v) is 3.84. The highest BCUT2D eigenvalue weighted by Gasteiger charge is 2.12. The summed E-state index contributed by atoms with van der Waals surface area (Å²) in [6.07, 6.45) is 1.68. The van der Waals surface area contributed by atoms with Crippen LogP contribution in [0.1, 0.15) is 26.4 Å². The van der Waals surface area contributed by atoms with Crippen molar-refractivity contribution in [1.82, 2.24) is 10.3 Å². The number of aryl methyl sites for hydroxylation is 1. The fraction of sp³-hybridized carbons (Fsp3) is 0.214. The Labute approximate surface area is 125 Å². The molecule has 1 aromatic heterocycles. The number of carbonyl (C=O) groups is 2. The summed E-state index contributed by atoms with van der Waals surface area (Å²) in [6.45, 7) is 3.93. The summed E-state index contributed by atoms with van der Waals surface area (Å²) in [6, 6.07) is 2.81. The number of anilines is 1. The highest BCUT2D eigenvalue weighted by molar-refractivity contribution is 7.09.